The number of rotatable bonds is 6. The summed E-state index contributed by atoms with van der Waals surface area (Å²) in [7, 11) is 1.92. The number of nitrogens with one attached hydrogen (secondary N) is 1. The molecule has 0 radical (unpaired) electrons. The van der Waals surface area contributed by atoms with Gasteiger partial charge < -0.3 is 14.6 Å². The van der Waals surface area contributed by atoms with Gasteiger partial charge in [-0.25, -0.2) is 0 Å². The van der Waals surface area contributed by atoms with Crippen molar-refractivity contribution >= 4 is 0 Å². The van der Waals surface area contributed by atoms with Crippen molar-refractivity contribution in [2.45, 2.75) is 38.8 Å². The standard InChI is InChI=1S/C16H22N4O/c1-3-8-17-15-7-4-12-9-13(5-6-14(12)15)21-10-16-19-18-11-20(16)2/h5-6,9,11,15,17H,3-4,7-8,10H2,1-2H3. The highest BCUT2D eigenvalue weighted by Crippen LogP contribution is 2.33. The van der Waals surface area contributed by atoms with E-state index in [1.54, 1.807) is 6.33 Å². The van der Waals surface area contributed by atoms with Crippen LogP contribution in [0.1, 0.15) is 42.8 Å². The average Bonchev–Trinajstić information content (AvgIpc) is 3.09. The fourth-order valence-electron chi connectivity index (χ4n) is 2.80. The van der Waals surface area contributed by atoms with E-state index in [1.807, 2.05) is 11.6 Å². The lowest BCUT2D eigenvalue weighted by Crippen LogP contribution is -2.19. The summed E-state index contributed by atoms with van der Waals surface area (Å²) in [6.07, 6.45) is 5.16. The van der Waals surface area contributed by atoms with Crippen molar-refractivity contribution in [1.82, 2.24) is 20.1 Å². The lowest BCUT2D eigenvalue weighted by molar-refractivity contribution is 0.291. The van der Waals surface area contributed by atoms with E-state index < -0.39 is 0 Å². The molecular weight excluding hydrogens is 264 g/mol. The maximum Gasteiger partial charge on any atom is 0.170 e. The fraction of sp³-hybridized carbons (Fsp3) is 0.500. The summed E-state index contributed by atoms with van der Waals surface area (Å²) in [4.78, 5) is 0. The number of hydrogen-bond donors (Lipinski definition) is 1. The van der Waals surface area contributed by atoms with Crippen LogP contribution in [0.15, 0.2) is 24.5 Å². The molecule has 0 fully saturated rings. The maximum atomic E-state index is 5.83. The average molecular weight is 286 g/mol. The number of aromatic nitrogens is 3. The Morgan fingerprint density at radius 1 is 1.43 bits per heavy atom. The summed E-state index contributed by atoms with van der Waals surface area (Å²) in [6, 6.07) is 6.93. The first-order valence-corrected chi connectivity index (χ1v) is 7.60. The molecule has 112 valence electrons. The van der Waals surface area contributed by atoms with E-state index in [4.69, 9.17) is 4.74 Å². The molecule has 2 aromatic rings. The molecule has 1 N–H and O–H groups in total. The van der Waals surface area contributed by atoms with Crippen LogP contribution in [-0.2, 0) is 20.1 Å². The van der Waals surface area contributed by atoms with Crippen molar-refractivity contribution in [2.24, 2.45) is 7.05 Å². The van der Waals surface area contributed by atoms with Crippen molar-refractivity contribution in [3.05, 3.63) is 41.5 Å². The quantitative estimate of drug-likeness (QED) is 0.886. The topological polar surface area (TPSA) is 52.0 Å². The van der Waals surface area contributed by atoms with Crippen LogP contribution in [0.5, 0.6) is 5.75 Å². The van der Waals surface area contributed by atoms with Crippen LogP contribution >= 0.6 is 0 Å². The van der Waals surface area contributed by atoms with Crippen LogP contribution in [0.2, 0.25) is 0 Å². The summed E-state index contributed by atoms with van der Waals surface area (Å²) < 4.78 is 7.70. The Hall–Kier alpha value is -1.88. The highest BCUT2D eigenvalue weighted by molar-refractivity contribution is 5.40. The van der Waals surface area contributed by atoms with Crippen molar-refractivity contribution in [3.63, 3.8) is 0 Å². The Morgan fingerprint density at radius 3 is 3.10 bits per heavy atom. The highest BCUT2D eigenvalue weighted by Gasteiger charge is 2.22. The van der Waals surface area contributed by atoms with E-state index >= 15 is 0 Å². The van der Waals surface area contributed by atoms with Gasteiger partial charge in [0.15, 0.2) is 5.82 Å². The third-order valence-corrected chi connectivity index (χ3v) is 4.01. The molecule has 5 nitrogen and oxygen atoms in total. The first-order chi connectivity index (χ1) is 10.3. The van der Waals surface area contributed by atoms with Crippen LogP contribution in [0, 0.1) is 0 Å². The van der Waals surface area contributed by atoms with Crippen LogP contribution in [0.3, 0.4) is 0 Å². The first-order valence-electron chi connectivity index (χ1n) is 7.60. The smallest absolute Gasteiger partial charge is 0.170 e. The SMILES string of the molecule is CCCNC1CCc2cc(OCc3nncn3C)ccc21. The van der Waals surface area contributed by atoms with Crippen molar-refractivity contribution in [1.29, 1.82) is 0 Å². The number of ether oxygens (including phenoxy) is 1. The van der Waals surface area contributed by atoms with E-state index in [0.717, 1.165) is 24.5 Å². The predicted molar refractivity (Wildman–Crippen MR) is 81.1 cm³/mol. The number of aryl methyl sites for hydroxylation is 2. The summed E-state index contributed by atoms with van der Waals surface area (Å²) in [5.41, 5.74) is 2.83. The molecule has 0 aliphatic heterocycles. The molecule has 1 unspecified atom stereocenters. The van der Waals surface area contributed by atoms with E-state index in [0.29, 0.717) is 12.6 Å². The van der Waals surface area contributed by atoms with Gasteiger partial charge in [0, 0.05) is 13.1 Å². The Morgan fingerprint density at radius 2 is 2.33 bits per heavy atom. The lowest BCUT2D eigenvalue weighted by atomic mass is 10.1. The number of hydrogen-bond acceptors (Lipinski definition) is 4. The van der Waals surface area contributed by atoms with Gasteiger partial charge in [0.2, 0.25) is 0 Å². The van der Waals surface area contributed by atoms with Gasteiger partial charge in [0.25, 0.3) is 0 Å². The molecule has 0 amide bonds. The molecule has 5 heteroatoms. The molecule has 1 aromatic heterocycles. The minimum Gasteiger partial charge on any atom is -0.486 e. The molecule has 1 aliphatic carbocycles. The Balaban J connectivity index is 1.65. The lowest BCUT2D eigenvalue weighted by Gasteiger charge is -2.14. The predicted octanol–water partition coefficient (Wildman–Crippen LogP) is 2.38. The highest BCUT2D eigenvalue weighted by atomic mass is 16.5. The molecule has 1 aliphatic rings. The molecule has 3 rings (SSSR count). The molecule has 1 aromatic carbocycles. The van der Waals surface area contributed by atoms with Gasteiger partial charge in [0.05, 0.1) is 0 Å². The van der Waals surface area contributed by atoms with E-state index in [2.05, 4.69) is 40.6 Å². The van der Waals surface area contributed by atoms with E-state index in [-0.39, 0.29) is 0 Å². The van der Waals surface area contributed by atoms with Gasteiger partial charge in [0.1, 0.15) is 18.7 Å². The van der Waals surface area contributed by atoms with Crippen molar-refractivity contribution in [2.75, 3.05) is 6.54 Å². The monoisotopic (exact) mass is 286 g/mol. The van der Waals surface area contributed by atoms with E-state index in [9.17, 15) is 0 Å². The fourth-order valence-corrected chi connectivity index (χ4v) is 2.80. The summed E-state index contributed by atoms with van der Waals surface area (Å²) in [5.74, 6) is 1.74. The number of fused-ring (bicyclic) bond motifs is 1. The Labute approximate surface area is 125 Å². The summed E-state index contributed by atoms with van der Waals surface area (Å²) >= 11 is 0. The molecule has 21 heavy (non-hydrogen) atoms. The van der Waals surface area contributed by atoms with Crippen LogP contribution in [0.25, 0.3) is 0 Å². The minimum absolute atomic E-state index is 0.451. The van der Waals surface area contributed by atoms with Gasteiger partial charge in [-0.2, -0.15) is 0 Å². The summed E-state index contributed by atoms with van der Waals surface area (Å²) in [6.45, 7) is 3.73. The van der Waals surface area contributed by atoms with E-state index in [1.165, 1.54) is 24.0 Å². The van der Waals surface area contributed by atoms with Gasteiger partial charge in [-0.05, 0) is 49.1 Å². The second kappa shape index (κ2) is 6.26. The van der Waals surface area contributed by atoms with Gasteiger partial charge in [-0.1, -0.05) is 13.0 Å². The van der Waals surface area contributed by atoms with Gasteiger partial charge >= 0.3 is 0 Å². The third kappa shape index (κ3) is 3.08. The first kappa shape index (κ1) is 14.1. The molecule has 0 bridgehead atoms. The summed E-state index contributed by atoms with van der Waals surface area (Å²) in [5, 5.41) is 11.5. The minimum atomic E-state index is 0.451. The van der Waals surface area contributed by atoms with Crippen LogP contribution in [0.4, 0.5) is 0 Å². The largest absolute Gasteiger partial charge is 0.486 e. The molecule has 1 atom stereocenters. The number of benzene rings is 1. The van der Waals surface area contributed by atoms with Crippen LogP contribution in [-0.4, -0.2) is 21.3 Å². The van der Waals surface area contributed by atoms with Crippen molar-refractivity contribution in [3.8, 4) is 5.75 Å². The molecule has 1 heterocycles. The molecule has 0 saturated carbocycles. The molecule has 0 spiro atoms. The normalized spacial score (nSPS) is 17.0. The zero-order chi connectivity index (χ0) is 14.7. The van der Waals surface area contributed by atoms with Crippen LogP contribution < -0.4 is 10.1 Å². The third-order valence-electron chi connectivity index (χ3n) is 4.01. The zero-order valence-corrected chi connectivity index (χ0v) is 12.7. The Kier molecular flexibility index (Phi) is 4.20. The van der Waals surface area contributed by atoms with Gasteiger partial charge in [-0.15, -0.1) is 10.2 Å². The zero-order valence-electron chi connectivity index (χ0n) is 12.7. The molecule has 0 saturated heterocycles. The second-order valence-corrected chi connectivity index (χ2v) is 5.55. The maximum absolute atomic E-state index is 5.83. The second-order valence-electron chi connectivity index (χ2n) is 5.55. The van der Waals surface area contributed by atoms with Gasteiger partial charge in [-0.3, -0.25) is 0 Å². The Bertz CT molecular complexity index is 608. The van der Waals surface area contributed by atoms with Crippen molar-refractivity contribution < 1.29 is 4.74 Å². The number of nitrogens with zero attached hydrogens (tertiary/aromatic N) is 3. The molecular formula is C16H22N4O.